The van der Waals surface area contributed by atoms with Crippen LogP contribution in [0.25, 0.3) is 0 Å². The summed E-state index contributed by atoms with van der Waals surface area (Å²) < 4.78 is 5.82. The Morgan fingerprint density at radius 3 is 2.31 bits per heavy atom. The summed E-state index contributed by atoms with van der Waals surface area (Å²) >= 11 is 0. The van der Waals surface area contributed by atoms with Crippen molar-refractivity contribution >= 4 is 0 Å². The lowest BCUT2D eigenvalue weighted by molar-refractivity contribution is -0.0426. The van der Waals surface area contributed by atoms with E-state index in [1.807, 2.05) is 0 Å². The van der Waals surface area contributed by atoms with Gasteiger partial charge in [-0.3, -0.25) is 0 Å². The Hall–Kier alpha value is -0.0400. The Morgan fingerprint density at radius 1 is 1.15 bits per heavy atom. The molecule has 0 radical (unpaired) electrons. The zero-order valence-electron chi connectivity index (χ0n) is 9.60. The van der Waals surface area contributed by atoms with Crippen molar-refractivity contribution in [3.63, 3.8) is 0 Å². The first-order chi connectivity index (χ1) is 6.05. The number of ether oxygens (including phenoxy) is 1. The molecule has 0 heterocycles. The van der Waals surface area contributed by atoms with E-state index in [1.54, 1.807) is 0 Å². The van der Waals surface area contributed by atoms with E-state index in [9.17, 15) is 0 Å². The van der Waals surface area contributed by atoms with Crippen LogP contribution in [-0.2, 0) is 4.74 Å². The van der Waals surface area contributed by atoms with Crippen molar-refractivity contribution in [3.8, 4) is 0 Å². The number of rotatable bonds is 2. The van der Waals surface area contributed by atoms with Gasteiger partial charge in [0.15, 0.2) is 0 Å². The molecule has 1 fully saturated rings. The van der Waals surface area contributed by atoms with Gasteiger partial charge < -0.3 is 4.74 Å². The standard InChI is InChI=1S/C12H24O/c1-5-13-11-9-7-6-8-10(11)12(2,3)4/h10-11H,5-9H2,1-4H3. The first kappa shape index (κ1) is 11.0. The first-order valence-electron chi connectivity index (χ1n) is 5.67. The maximum atomic E-state index is 5.82. The zero-order chi connectivity index (χ0) is 9.90. The second-order valence-electron chi connectivity index (χ2n) is 5.25. The summed E-state index contributed by atoms with van der Waals surface area (Å²) in [6.45, 7) is 10.0. The maximum absolute atomic E-state index is 5.82. The van der Waals surface area contributed by atoms with Crippen molar-refractivity contribution in [2.75, 3.05) is 6.61 Å². The average Bonchev–Trinajstić information content (AvgIpc) is 2.04. The van der Waals surface area contributed by atoms with Crippen LogP contribution in [0.1, 0.15) is 53.4 Å². The lowest BCUT2D eigenvalue weighted by Gasteiger charge is -2.40. The van der Waals surface area contributed by atoms with Crippen LogP contribution < -0.4 is 0 Å². The summed E-state index contributed by atoms with van der Waals surface area (Å²) in [6, 6.07) is 0. The summed E-state index contributed by atoms with van der Waals surface area (Å²) in [5.41, 5.74) is 0.417. The van der Waals surface area contributed by atoms with Gasteiger partial charge in [0.25, 0.3) is 0 Å². The van der Waals surface area contributed by atoms with Gasteiger partial charge in [0.05, 0.1) is 6.10 Å². The lowest BCUT2D eigenvalue weighted by atomic mass is 9.71. The van der Waals surface area contributed by atoms with Crippen LogP contribution in [0.2, 0.25) is 0 Å². The Kier molecular flexibility index (Phi) is 3.78. The highest BCUT2D eigenvalue weighted by Gasteiger charge is 2.34. The number of hydrogen-bond donors (Lipinski definition) is 0. The molecule has 1 aliphatic carbocycles. The maximum Gasteiger partial charge on any atom is 0.0608 e. The Morgan fingerprint density at radius 2 is 1.77 bits per heavy atom. The van der Waals surface area contributed by atoms with Crippen molar-refractivity contribution in [1.29, 1.82) is 0 Å². The van der Waals surface area contributed by atoms with E-state index in [0.717, 1.165) is 12.5 Å². The molecular weight excluding hydrogens is 160 g/mol. The second kappa shape index (κ2) is 4.45. The van der Waals surface area contributed by atoms with Crippen molar-refractivity contribution in [2.45, 2.75) is 59.5 Å². The molecule has 1 nitrogen and oxygen atoms in total. The van der Waals surface area contributed by atoms with Gasteiger partial charge in [-0.25, -0.2) is 0 Å². The predicted molar refractivity (Wildman–Crippen MR) is 56.8 cm³/mol. The molecule has 2 unspecified atom stereocenters. The Bertz CT molecular complexity index is 144. The van der Waals surface area contributed by atoms with Crippen LogP contribution >= 0.6 is 0 Å². The van der Waals surface area contributed by atoms with E-state index in [0.29, 0.717) is 11.5 Å². The van der Waals surface area contributed by atoms with Crippen molar-refractivity contribution in [2.24, 2.45) is 11.3 Å². The van der Waals surface area contributed by atoms with Gasteiger partial charge in [-0.2, -0.15) is 0 Å². The molecule has 1 heteroatoms. The second-order valence-corrected chi connectivity index (χ2v) is 5.25. The minimum absolute atomic E-state index is 0.417. The van der Waals surface area contributed by atoms with Crippen LogP contribution in [0.15, 0.2) is 0 Å². The van der Waals surface area contributed by atoms with E-state index in [4.69, 9.17) is 4.74 Å². The summed E-state index contributed by atoms with van der Waals surface area (Å²) in [4.78, 5) is 0. The van der Waals surface area contributed by atoms with Gasteiger partial charge in [-0.1, -0.05) is 33.6 Å². The molecule has 0 amide bonds. The quantitative estimate of drug-likeness (QED) is 0.637. The molecule has 1 rings (SSSR count). The van der Waals surface area contributed by atoms with Gasteiger partial charge in [0, 0.05) is 6.61 Å². The van der Waals surface area contributed by atoms with Crippen LogP contribution in [-0.4, -0.2) is 12.7 Å². The fourth-order valence-corrected chi connectivity index (χ4v) is 2.50. The fraction of sp³-hybridized carbons (Fsp3) is 1.00. The Balaban J connectivity index is 2.56. The van der Waals surface area contributed by atoms with E-state index in [2.05, 4.69) is 27.7 Å². The normalized spacial score (nSPS) is 30.5. The van der Waals surface area contributed by atoms with Crippen LogP contribution in [0.5, 0.6) is 0 Å². The number of hydrogen-bond acceptors (Lipinski definition) is 1. The molecule has 0 aliphatic heterocycles. The molecule has 0 spiro atoms. The fourth-order valence-electron chi connectivity index (χ4n) is 2.50. The third-order valence-electron chi connectivity index (χ3n) is 3.20. The molecule has 1 saturated carbocycles. The van der Waals surface area contributed by atoms with Crippen LogP contribution in [0, 0.1) is 11.3 Å². The average molecular weight is 184 g/mol. The molecule has 13 heavy (non-hydrogen) atoms. The van der Waals surface area contributed by atoms with Crippen molar-refractivity contribution in [3.05, 3.63) is 0 Å². The largest absolute Gasteiger partial charge is 0.378 e. The van der Waals surface area contributed by atoms with Crippen molar-refractivity contribution in [1.82, 2.24) is 0 Å². The van der Waals surface area contributed by atoms with E-state index in [1.165, 1.54) is 25.7 Å². The molecule has 0 aromatic rings. The molecule has 78 valence electrons. The van der Waals surface area contributed by atoms with Gasteiger partial charge in [0.1, 0.15) is 0 Å². The molecule has 0 N–H and O–H groups in total. The third kappa shape index (κ3) is 2.98. The summed E-state index contributed by atoms with van der Waals surface area (Å²) in [5, 5.41) is 0. The lowest BCUT2D eigenvalue weighted by Crippen LogP contribution is -2.36. The van der Waals surface area contributed by atoms with Gasteiger partial charge in [0.2, 0.25) is 0 Å². The zero-order valence-corrected chi connectivity index (χ0v) is 9.60. The monoisotopic (exact) mass is 184 g/mol. The van der Waals surface area contributed by atoms with Gasteiger partial charge in [-0.15, -0.1) is 0 Å². The summed E-state index contributed by atoms with van der Waals surface area (Å²) in [7, 11) is 0. The molecule has 0 aromatic heterocycles. The topological polar surface area (TPSA) is 9.23 Å². The molecule has 0 bridgehead atoms. The summed E-state index contributed by atoms with van der Waals surface area (Å²) in [6.07, 6.45) is 5.91. The molecule has 1 aliphatic rings. The summed E-state index contributed by atoms with van der Waals surface area (Å²) in [5.74, 6) is 0.765. The van der Waals surface area contributed by atoms with Crippen LogP contribution in [0.4, 0.5) is 0 Å². The molecule has 0 aromatic carbocycles. The minimum atomic E-state index is 0.417. The third-order valence-corrected chi connectivity index (χ3v) is 3.20. The highest BCUT2D eigenvalue weighted by Crippen LogP contribution is 2.39. The van der Waals surface area contributed by atoms with Crippen molar-refractivity contribution < 1.29 is 4.74 Å². The van der Waals surface area contributed by atoms with Gasteiger partial charge in [-0.05, 0) is 31.1 Å². The Labute approximate surface area is 82.9 Å². The highest BCUT2D eigenvalue weighted by atomic mass is 16.5. The van der Waals surface area contributed by atoms with Crippen LogP contribution in [0.3, 0.4) is 0 Å². The highest BCUT2D eigenvalue weighted by molar-refractivity contribution is 4.84. The van der Waals surface area contributed by atoms with E-state index in [-0.39, 0.29) is 0 Å². The van der Waals surface area contributed by atoms with E-state index >= 15 is 0 Å². The molecule has 2 atom stereocenters. The van der Waals surface area contributed by atoms with Gasteiger partial charge >= 0.3 is 0 Å². The molecule has 0 saturated heterocycles. The minimum Gasteiger partial charge on any atom is -0.378 e. The smallest absolute Gasteiger partial charge is 0.0608 e. The predicted octanol–water partition coefficient (Wildman–Crippen LogP) is 3.63. The van der Waals surface area contributed by atoms with E-state index < -0.39 is 0 Å². The molecular formula is C12H24O. The first-order valence-corrected chi connectivity index (χ1v) is 5.67. The SMILES string of the molecule is CCOC1CCCCC1C(C)(C)C.